The predicted octanol–water partition coefficient (Wildman–Crippen LogP) is 2.28. The van der Waals surface area contributed by atoms with E-state index in [4.69, 9.17) is 9.52 Å². The highest BCUT2D eigenvalue weighted by atomic mass is 16.4. The fourth-order valence-corrected chi connectivity index (χ4v) is 1.75. The van der Waals surface area contributed by atoms with Crippen LogP contribution < -0.4 is 5.32 Å². The Hall–Kier alpha value is -2.58. The van der Waals surface area contributed by atoms with E-state index in [1.54, 1.807) is 13.0 Å². The van der Waals surface area contributed by atoms with Crippen molar-refractivity contribution in [2.45, 2.75) is 20.3 Å². The van der Waals surface area contributed by atoms with Crippen LogP contribution >= 0.6 is 0 Å². The van der Waals surface area contributed by atoms with E-state index in [0.29, 0.717) is 23.2 Å². The van der Waals surface area contributed by atoms with Gasteiger partial charge in [-0.3, -0.25) is 10.1 Å². The summed E-state index contributed by atoms with van der Waals surface area (Å²) in [6, 6.07) is 5.54. The van der Waals surface area contributed by atoms with Gasteiger partial charge in [-0.05, 0) is 31.5 Å². The molecule has 5 heteroatoms. The van der Waals surface area contributed by atoms with Crippen LogP contribution in [-0.4, -0.2) is 22.6 Å². The molecule has 0 unspecified atom stereocenters. The van der Waals surface area contributed by atoms with Crippen LogP contribution in [0.15, 0.2) is 28.9 Å². The predicted molar refractivity (Wildman–Crippen MR) is 79.0 cm³/mol. The number of carbonyl (C=O) groups excluding carboxylic acids is 1. The van der Waals surface area contributed by atoms with E-state index in [1.807, 2.05) is 19.1 Å². The van der Waals surface area contributed by atoms with Crippen molar-refractivity contribution in [3.63, 3.8) is 0 Å². The molecule has 21 heavy (non-hydrogen) atoms. The Morgan fingerprint density at radius 2 is 2.24 bits per heavy atom. The maximum absolute atomic E-state index is 12.3. The molecule has 0 fully saturated rings. The summed E-state index contributed by atoms with van der Waals surface area (Å²) in [5, 5.41) is 11.4. The number of nitrogens with one attached hydrogen (secondary N) is 1. The maximum atomic E-state index is 12.3. The van der Waals surface area contributed by atoms with E-state index in [2.05, 4.69) is 22.1 Å². The van der Waals surface area contributed by atoms with Crippen LogP contribution in [0.2, 0.25) is 0 Å². The van der Waals surface area contributed by atoms with Crippen molar-refractivity contribution in [1.29, 1.82) is 0 Å². The van der Waals surface area contributed by atoms with Gasteiger partial charge in [-0.2, -0.15) is 4.98 Å². The molecule has 2 N–H and O–H groups in total. The summed E-state index contributed by atoms with van der Waals surface area (Å²) >= 11 is 0. The summed E-state index contributed by atoms with van der Waals surface area (Å²) in [6.07, 6.45) is 1.83. The van der Waals surface area contributed by atoms with Crippen LogP contribution in [0.5, 0.6) is 0 Å². The van der Waals surface area contributed by atoms with E-state index < -0.39 is 0 Å². The minimum atomic E-state index is -0.329. The molecular weight excluding hydrogens is 268 g/mol. The first-order valence-electron chi connectivity index (χ1n) is 6.54. The Morgan fingerprint density at radius 3 is 2.90 bits per heavy atom. The summed E-state index contributed by atoms with van der Waals surface area (Å²) in [5.74, 6) is 5.40. The molecule has 0 aliphatic carbocycles. The Labute approximate surface area is 123 Å². The van der Waals surface area contributed by atoms with Crippen molar-refractivity contribution in [2.24, 2.45) is 0 Å². The molecule has 0 saturated carbocycles. The highest BCUT2D eigenvalue weighted by Gasteiger charge is 2.13. The van der Waals surface area contributed by atoms with Crippen LogP contribution in [-0.2, 0) is 0 Å². The van der Waals surface area contributed by atoms with Gasteiger partial charge in [0, 0.05) is 12.0 Å². The number of carbonyl (C=O) groups is 1. The quantitative estimate of drug-likeness (QED) is 0.848. The number of aliphatic hydroxyl groups is 1. The van der Waals surface area contributed by atoms with Gasteiger partial charge in [-0.15, -0.1) is 0 Å². The molecule has 5 nitrogen and oxygen atoms in total. The largest absolute Gasteiger partial charge is 0.432 e. The van der Waals surface area contributed by atoms with Gasteiger partial charge in [0.1, 0.15) is 6.26 Å². The molecule has 1 heterocycles. The fourth-order valence-electron chi connectivity index (χ4n) is 1.75. The SMILES string of the molecule is Cc1ccc(C(=O)Nc2nc(C)co2)c(C#CCCO)c1. The average Bonchev–Trinajstić information content (AvgIpc) is 2.84. The summed E-state index contributed by atoms with van der Waals surface area (Å²) < 4.78 is 5.11. The third-order valence-electron chi connectivity index (χ3n) is 2.72. The third kappa shape index (κ3) is 3.94. The van der Waals surface area contributed by atoms with Gasteiger partial charge in [0.2, 0.25) is 0 Å². The van der Waals surface area contributed by atoms with E-state index in [0.717, 1.165) is 5.56 Å². The Bertz CT molecular complexity index is 708. The van der Waals surface area contributed by atoms with Crippen LogP contribution in [0.3, 0.4) is 0 Å². The van der Waals surface area contributed by atoms with Crippen LogP contribution in [0.1, 0.15) is 33.6 Å². The lowest BCUT2D eigenvalue weighted by atomic mass is 10.0. The highest BCUT2D eigenvalue weighted by Crippen LogP contribution is 2.14. The molecule has 1 aromatic heterocycles. The lowest BCUT2D eigenvalue weighted by Crippen LogP contribution is -2.14. The number of anilines is 1. The minimum absolute atomic E-state index is 0.00403. The zero-order valence-electron chi connectivity index (χ0n) is 11.9. The van der Waals surface area contributed by atoms with Crippen molar-refractivity contribution in [2.75, 3.05) is 11.9 Å². The Morgan fingerprint density at radius 1 is 1.43 bits per heavy atom. The van der Waals surface area contributed by atoms with E-state index in [-0.39, 0.29) is 18.5 Å². The van der Waals surface area contributed by atoms with E-state index in [9.17, 15) is 4.79 Å². The molecule has 0 aliphatic heterocycles. The molecule has 0 saturated heterocycles. The number of rotatable bonds is 3. The molecule has 0 aliphatic rings. The van der Waals surface area contributed by atoms with Crippen LogP contribution in [0, 0.1) is 25.7 Å². The zero-order valence-corrected chi connectivity index (χ0v) is 11.9. The second-order valence-electron chi connectivity index (χ2n) is 4.57. The number of nitrogens with zero attached hydrogens (tertiary/aromatic N) is 1. The van der Waals surface area contributed by atoms with Gasteiger partial charge in [-0.1, -0.05) is 17.9 Å². The van der Waals surface area contributed by atoms with E-state index in [1.165, 1.54) is 6.26 Å². The van der Waals surface area contributed by atoms with Gasteiger partial charge in [0.25, 0.3) is 5.91 Å². The molecule has 1 aromatic carbocycles. The molecule has 2 aromatic rings. The standard InChI is InChI=1S/C16H16N2O3/c1-11-6-7-14(13(9-11)5-3-4-8-19)15(20)18-16-17-12(2)10-21-16/h6-7,9-10,19H,4,8H2,1-2H3,(H,17,18,20). The number of aliphatic hydroxyl groups excluding tert-OH is 1. The monoisotopic (exact) mass is 284 g/mol. The third-order valence-corrected chi connectivity index (χ3v) is 2.72. The maximum Gasteiger partial charge on any atom is 0.301 e. The highest BCUT2D eigenvalue weighted by molar-refractivity contribution is 6.05. The second kappa shape index (κ2) is 6.73. The lowest BCUT2D eigenvalue weighted by Gasteiger charge is -2.05. The Kier molecular flexibility index (Phi) is 4.75. The summed E-state index contributed by atoms with van der Waals surface area (Å²) in [6.45, 7) is 3.70. The molecule has 1 amide bonds. The molecule has 0 bridgehead atoms. The van der Waals surface area contributed by atoms with Crippen molar-refractivity contribution in [3.05, 3.63) is 46.8 Å². The van der Waals surface area contributed by atoms with Crippen molar-refractivity contribution >= 4 is 11.9 Å². The number of aryl methyl sites for hydroxylation is 2. The molecule has 0 atom stereocenters. The van der Waals surface area contributed by atoms with E-state index >= 15 is 0 Å². The normalized spacial score (nSPS) is 9.86. The van der Waals surface area contributed by atoms with Gasteiger partial charge in [0.15, 0.2) is 0 Å². The van der Waals surface area contributed by atoms with Gasteiger partial charge in [0.05, 0.1) is 17.9 Å². The number of hydrogen-bond acceptors (Lipinski definition) is 4. The summed E-state index contributed by atoms with van der Waals surface area (Å²) in [5.41, 5.74) is 2.76. The van der Waals surface area contributed by atoms with Gasteiger partial charge < -0.3 is 9.52 Å². The minimum Gasteiger partial charge on any atom is -0.432 e. The van der Waals surface area contributed by atoms with Crippen LogP contribution in [0.25, 0.3) is 0 Å². The number of aromatic nitrogens is 1. The van der Waals surface area contributed by atoms with Crippen molar-refractivity contribution in [3.8, 4) is 11.8 Å². The number of hydrogen-bond donors (Lipinski definition) is 2. The van der Waals surface area contributed by atoms with Crippen molar-refractivity contribution in [1.82, 2.24) is 4.98 Å². The smallest absolute Gasteiger partial charge is 0.301 e. The second-order valence-corrected chi connectivity index (χ2v) is 4.57. The van der Waals surface area contributed by atoms with Gasteiger partial charge >= 0.3 is 6.01 Å². The average molecular weight is 284 g/mol. The molecule has 0 radical (unpaired) electrons. The molecule has 2 rings (SSSR count). The van der Waals surface area contributed by atoms with Crippen LogP contribution in [0.4, 0.5) is 6.01 Å². The molecule has 0 spiro atoms. The first-order valence-corrected chi connectivity index (χ1v) is 6.54. The fraction of sp³-hybridized carbons (Fsp3) is 0.250. The molecule has 108 valence electrons. The summed E-state index contributed by atoms with van der Waals surface area (Å²) in [7, 11) is 0. The summed E-state index contributed by atoms with van der Waals surface area (Å²) in [4.78, 5) is 16.3. The molecular formula is C16H16N2O3. The van der Waals surface area contributed by atoms with Crippen molar-refractivity contribution < 1.29 is 14.3 Å². The van der Waals surface area contributed by atoms with Gasteiger partial charge in [-0.25, -0.2) is 0 Å². The lowest BCUT2D eigenvalue weighted by molar-refractivity contribution is 0.102. The Balaban J connectivity index is 2.26. The topological polar surface area (TPSA) is 75.4 Å². The number of benzene rings is 1. The number of amides is 1. The first-order chi connectivity index (χ1) is 10.1. The zero-order chi connectivity index (χ0) is 15.2. The first kappa shape index (κ1) is 14.8. The number of oxazole rings is 1.